The van der Waals surface area contributed by atoms with Crippen molar-refractivity contribution in [3.8, 4) is 23.3 Å². The van der Waals surface area contributed by atoms with Crippen LogP contribution in [0, 0.1) is 11.3 Å². The molecule has 1 N–H and O–H groups in total. The van der Waals surface area contributed by atoms with Gasteiger partial charge in [-0.3, -0.25) is 4.79 Å². The second-order valence-electron chi connectivity index (χ2n) is 6.45. The number of carbonyl (C=O) groups excluding carboxylic acids is 1. The van der Waals surface area contributed by atoms with Gasteiger partial charge in [0, 0.05) is 7.11 Å². The van der Waals surface area contributed by atoms with Crippen molar-refractivity contribution in [1.29, 1.82) is 5.26 Å². The van der Waals surface area contributed by atoms with Gasteiger partial charge < -0.3 is 24.3 Å². The molecule has 0 radical (unpaired) electrons. The quantitative estimate of drug-likeness (QED) is 0.444. The number of carbonyl (C=O) groups is 1. The first-order valence-electron chi connectivity index (χ1n) is 9.18. The maximum atomic E-state index is 13.1. The number of nitrogens with one attached hydrogen (secondary N) is 1. The van der Waals surface area contributed by atoms with Crippen LogP contribution in [-0.4, -0.2) is 37.0 Å². The van der Waals surface area contributed by atoms with Crippen molar-refractivity contribution in [3.05, 3.63) is 58.9 Å². The van der Waals surface area contributed by atoms with E-state index in [9.17, 15) is 10.1 Å². The Labute approximate surface area is 189 Å². The zero-order valence-electron chi connectivity index (χ0n) is 16.5. The number of nitrogens with zero attached hydrogens (tertiary/aromatic N) is 2. The van der Waals surface area contributed by atoms with Crippen molar-refractivity contribution in [2.24, 2.45) is 0 Å². The largest absolute Gasteiger partial charge is 0.473 e. The second kappa shape index (κ2) is 10.4. The van der Waals surface area contributed by atoms with E-state index in [-0.39, 0.29) is 22.8 Å². The molecule has 1 aromatic heterocycles. The van der Waals surface area contributed by atoms with Crippen LogP contribution in [0.5, 0.6) is 17.2 Å². The summed E-state index contributed by atoms with van der Waals surface area (Å²) in [6.45, 7) is 3.89. The Balaban J connectivity index is 1.84. The Morgan fingerprint density at radius 2 is 2.13 bits per heavy atom. The van der Waals surface area contributed by atoms with Crippen molar-refractivity contribution >= 4 is 29.1 Å². The Bertz CT molecular complexity index is 1010. The Morgan fingerprint density at radius 1 is 1.35 bits per heavy atom. The molecule has 0 saturated heterocycles. The van der Waals surface area contributed by atoms with E-state index in [1.807, 2.05) is 12.1 Å². The molecule has 10 heteroatoms. The van der Waals surface area contributed by atoms with Gasteiger partial charge in [0.15, 0.2) is 28.5 Å². The number of benzene rings is 1. The maximum Gasteiger partial charge on any atom is 0.265 e. The third-order valence-electron chi connectivity index (χ3n) is 4.47. The fourth-order valence-corrected chi connectivity index (χ4v) is 3.34. The summed E-state index contributed by atoms with van der Waals surface area (Å²) in [6.07, 6.45) is -0.431. The molecule has 0 aliphatic carbocycles. The molecule has 1 aromatic carbocycles. The number of pyridine rings is 1. The lowest BCUT2D eigenvalue weighted by Gasteiger charge is -2.25. The third-order valence-corrected chi connectivity index (χ3v) is 4.95. The number of methoxy groups -OCH3 is 1. The standard InChI is InChI=1S/C21H19Cl2N3O5/c1-3-4-13(12-5-6-14-16(9-12)30-11-29-14)25-21(27)19(17(10-24)28-2)31-15-7-8-18(22)26-20(15)23/h3,5-9,13,17,19H,1,4,11H2,2H3,(H,25,27)/t13?,17?,19-/m1/s1. The molecule has 2 aromatic rings. The summed E-state index contributed by atoms with van der Waals surface area (Å²) in [6, 6.07) is 9.73. The van der Waals surface area contributed by atoms with E-state index in [0.717, 1.165) is 5.56 Å². The minimum Gasteiger partial charge on any atom is -0.473 e. The second-order valence-corrected chi connectivity index (χ2v) is 7.19. The van der Waals surface area contributed by atoms with Crippen LogP contribution < -0.4 is 19.5 Å². The van der Waals surface area contributed by atoms with Crippen molar-refractivity contribution in [3.63, 3.8) is 0 Å². The Hall–Kier alpha value is -2.99. The van der Waals surface area contributed by atoms with E-state index in [1.165, 1.54) is 19.2 Å². The van der Waals surface area contributed by atoms with Crippen LogP contribution in [0.1, 0.15) is 18.0 Å². The molecule has 1 amide bonds. The zero-order chi connectivity index (χ0) is 22.4. The molecule has 0 fully saturated rings. The number of hydrogen-bond acceptors (Lipinski definition) is 7. The summed E-state index contributed by atoms with van der Waals surface area (Å²) in [5.41, 5.74) is 0.772. The highest BCUT2D eigenvalue weighted by Crippen LogP contribution is 2.35. The number of halogens is 2. The smallest absolute Gasteiger partial charge is 0.265 e. The molecule has 1 aliphatic heterocycles. The van der Waals surface area contributed by atoms with Crippen LogP contribution in [-0.2, 0) is 9.53 Å². The first kappa shape index (κ1) is 22.7. The first-order chi connectivity index (χ1) is 15.0. The van der Waals surface area contributed by atoms with Crippen LogP contribution in [0.3, 0.4) is 0 Å². The Morgan fingerprint density at radius 3 is 2.81 bits per heavy atom. The fourth-order valence-electron chi connectivity index (χ4n) is 2.95. The van der Waals surface area contributed by atoms with E-state index in [0.29, 0.717) is 17.9 Å². The van der Waals surface area contributed by atoms with Crippen LogP contribution in [0.4, 0.5) is 0 Å². The zero-order valence-corrected chi connectivity index (χ0v) is 18.0. The molecule has 8 nitrogen and oxygen atoms in total. The van der Waals surface area contributed by atoms with Gasteiger partial charge in [-0.1, -0.05) is 35.3 Å². The topological polar surface area (TPSA) is 103 Å². The molecule has 2 heterocycles. The lowest BCUT2D eigenvalue weighted by Crippen LogP contribution is -2.47. The summed E-state index contributed by atoms with van der Waals surface area (Å²) >= 11 is 11.9. The van der Waals surface area contributed by atoms with Crippen molar-refractivity contribution < 1.29 is 23.7 Å². The highest BCUT2D eigenvalue weighted by Gasteiger charge is 2.33. The number of aromatic nitrogens is 1. The number of fused-ring (bicyclic) bond motifs is 1. The van der Waals surface area contributed by atoms with E-state index < -0.39 is 24.2 Å². The highest BCUT2D eigenvalue weighted by molar-refractivity contribution is 6.33. The lowest BCUT2D eigenvalue weighted by atomic mass is 10.0. The molecule has 0 bridgehead atoms. The van der Waals surface area contributed by atoms with Gasteiger partial charge in [-0.25, -0.2) is 4.98 Å². The molecule has 1 aliphatic rings. The van der Waals surface area contributed by atoms with Gasteiger partial charge in [0.25, 0.3) is 5.91 Å². The van der Waals surface area contributed by atoms with Crippen molar-refractivity contribution in [2.45, 2.75) is 24.7 Å². The lowest BCUT2D eigenvalue weighted by molar-refractivity contribution is -0.133. The van der Waals surface area contributed by atoms with Crippen LogP contribution in [0.25, 0.3) is 0 Å². The average molecular weight is 464 g/mol. The number of ether oxygens (including phenoxy) is 4. The fraction of sp³-hybridized carbons (Fsp3) is 0.286. The van der Waals surface area contributed by atoms with E-state index >= 15 is 0 Å². The number of hydrogen-bond donors (Lipinski definition) is 1. The minimum atomic E-state index is -1.32. The normalized spacial score (nSPS) is 14.8. The average Bonchev–Trinajstić information content (AvgIpc) is 3.22. The maximum absolute atomic E-state index is 13.1. The number of amides is 1. The van der Waals surface area contributed by atoms with E-state index in [1.54, 1.807) is 18.2 Å². The molecule has 3 atom stereocenters. The molecule has 0 spiro atoms. The van der Waals surface area contributed by atoms with Gasteiger partial charge in [0.05, 0.1) is 12.1 Å². The molecule has 3 rings (SSSR count). The van der Waals surface area contributed by atoms with Gasteiger partial charge in [0.2, 0.25) is 12.9 Å². The first-order valence-corrected chi connectivity index (χ1v) is 9.94. The summed E-state index contributed by atoms with van der Waals surface area (Å²) in [5, 5.41) is 12.4. The van der Waals surface area contributed by atoms with Crippen LogP contribution in [0.15, 0.2) is 43.0 Å². The number of nitriles is 1. The molecule has 0 saturated carbocycles. The molecular weight excluding hydrogens is 445 g/mol. The van der Waals surface area contributed by atoms with Crippen molar-refractivity contribution in [2.75, 3.05) is 13.9 Å². The molecule has 162 valence electrons. The SMILES string of the molecule is C=CCC(NC(=O)[C@H](Oc1ccc(Cl)nc1Cl)C(C#N)OC)c1ccc2c(c1)OCO2. The Kier molecular flexibility index (Phi) is 7.58. The van der Waals surface area contributed by atoms with E-state index in [4.69, 9.17) is 42.1 Å². The van der Waals surface area contributed by atoms with Gasteiger partial charge in [-0.15, -0.1) is 6.58 Å². The molecule has 31 heavy (non-hydrogen) atoms. The van der Waals surface area contributed by atoms with Gasteiger partial charge in [-0.2, -0.15) is 5.26 Å². The van der Waals surface area contributed by atoms with E-state index in [2.05, 4.69) is 16.9 Å². The number of rotatable bonds is 9. The third kappa shape index (κ3) is 5.39. The van der Waals surface area contributed by atoms with Crippen molar-refractivity contribution in [1.82, 2.24) is 10.3 Å². The molecule has 2 unspecified atom stereocenters. The predicted molar refractivity (Wildman–Crippen MR) is 113 cm³/mol. The molecular formula is C21H19Cl2N3O5. The van der Waals surface area contributed by atoms with Gasteiger partial charge in [0.1, 0.15) is 5.15 Å². The predicted octanol–water partition coefficient (Wildman–Crippen LogP) is 3.84. The summed E-state index contributed by atoms with van der Waals surface area (Å²) in [4.78, 5) is 17.0. The highest BCUT2D eigenvalue weighted by atomic mass is 35.5. The minimum absolute atomic E-state index is 0.0449. The summed E-state index contributed by atoms with van der Waals surface area (Å²) in [5.74, 6) is 0.720. The van der Waals surface area contributed by atoms with Crippen LogP contribution >= 0.6 is 23.2 Å². The monoisotopic (exact) mass is 463 g/mol. The van der Waals surface area contributed by atoms with Gasteiger partial charge in [-0.05, 0) is 36.2 Å². The van der Waals surface area contributed by atoms with Gasteiger partial charge >= 0.3 is 0 Å². The summed E-state index contributed by atoms with van der Waals surface area (Å²) < 4.78 is 21.6. The van der Waals surface area contributed by atoms with Crippen LogP contribution in [0.2, 0.25) is 10.3 Å². The summed E-state index contributed by atoms with van der Waals surface area (Å²) in [7, 11) is 1.30.